The van der Waals surface area contributed by atoms with E-state index < -0.39 is 5.97 Å². The fraction of sp³-hybridized carbons (Fsp3) is 0.0952. The molecule has 0 aliphatic heterocycles. The summed E-state index contributed by atoms with van der Waals surface area (Å²) in [5.74, 6) is -0.557. The Morgan fingerprint density at radius 1 is 0.885 bits per heavy atom. The minimum atomic E-state index is -0.400. The van der Waals surface area contributed by atoms with Gasteiger partial charge in [0.15, 0.2) is 5.78 Å². The standard InChI is InChI=1S/C21H18O5/c1-25-21(24)19-10-6-17(7-11-19)9-13-20(23)12-8-16-2-4-18(5-3-16)14-26-15-22/h2-13,15H,14H2,1H3. The second-order valence-corrected chi connectivity index (χ2v) is 5.33. The third-order valence-electron chi connectivity index (χ3n) is 3.51. The van der Waals surface area contributed by atoms with Crippen molar-refractivity contribution in [3.63, 3.8) is 0 Å². The van der Waals surface area contributed by atoms with Gasteiger partial charge in [-0.1, -0.05) is 48.6 Å². The molecule has 0 saturated heterocycles. The number of hydrogen-bond donors (Lipinski definition) is 0. The van der Waals surface area contributed by atoms with Gasteiger partial charge in [-0.2, -0.15) is 0 Å². The summed E-state index contributed by atoms with van der Waals surface area (Å²) in [5.41, 5.74) is 3.00. The fourth-order valence-electron chi connectivity index (χ4n) is 2.12. The van der Waals surface area contributed by atoms with Crippen LogP contribution in [0.4, 0.5) is 0 Å². The molecule has 2 rings (SSSR count). The average Bonchev–Trinajstić information content (AvgIpc) is 2.69. The monoisotopic (exact) mass is 350 g/mol. The van der Waals surface area contributed by atoms with Crippen LogP contribution in [0.5, 0.6) is 0 Å². The van der Waals surface area contributed by atoms with E-state index in [4.69, 9.17) is 0 Å². The molecule has 0 amide bonds. The molecule has 0 heterocycles. The Hall–Kier alpha value is -3.47. The SMILES string of the molecule is COC(=O)c1ccc(C=CC(=O)C=Cc2ccc(COC=O)cc2)cc1. The van der Waals surface area contributed by atoms with Gasteiger partial charge in [-0.3, -0.25) is 9.59 Å². The second-order valence-electron chi connectivity index (χ2n) is 5.33. The van der Waals surface area contributed by atoms with E-state index in [2.05, 4.69) is 9.47 Å². The van der Waals surface area contributed by atoms with Crippen molar-refractivity contribution in [2.24, 2.45) is 0 Å². The molecule has 0 atom stereocenters. The first-order chi connectivity index (χ1) is 12.6. The van der Waals surface area contributed by atoms with Gasteiger partial charge in [0.1, 0.15) is 6.61 Å². The van der Waals surface area contributed by atoms with Crippen LogP contribution in [0, 0.1) is 0 Å². The number of ether oxygens (including phenoxy) is 2. The summed E-state index contributed by atoms with van der Waals surface area (Å²) in [6.07, 6.45) is 6.30. The Balaban J connectivity index is 1.92. The summed E-state index contributed by atoms with van der Waals surface area (Å²) >= 11 is 0. The largest absolute Gasteiger partial charge is 0.465 e. The minimum Gasteiger partial charge on any atom is -0.465 e. The first-order valence-electron chi connectivity index (χ1n) is 7.85. The van der Waals surface area contributed by atoms with Crippen molar-refractivity contribution in [2.45, 2.75) is 6.61 Å². The number of rotatable bonds is 8. The second kappa shape index (κ2) is 9.74. The van der Waals surface area contributed by atoms with Gasteiger partial charge in [0.2, 0.25) is 0 Å². The molecule has 0 aliphatic carbocycles. The molecule has 0 aliphatic rings. The Labute approximate surface area is 151 Å². The van der Waals surface area contributed by atoms with Crippen LogP contribution in [-0.2, 0) is 25.7 Å². The van der Waals surface area contributed by atoms with Gasteiger partial charge >= 0.3 is 5.97 Å². The van der Waals surface area contributed by atoms with Crippen LogP contribution in [0.2, 0.25) is 0 Å². The molecule has 0 aromatic heterocycles. The summed E-state index contributed by atoms with van der Waals surface area (Å²) in [6.45, 7) is 0.631. The molecule has 0 fully saturated rings. The zero-order chi connectivity index (χ0) is 18.8. The van der Waals surface area contributed by atoms with E-state index in [1.807, 2.05) is 24.3 Å². The lowest BCUT2D eigenvalue weighted by atomic mass is 10.1. The van der Waals surface area contributed by atoms with E-state index in [1.165, 1.54) is 19.3 Å². The molecule has 0 saturated carbocycles. The molecule has 132 valence electrons. The summed E-state index contributed by atoms with van der Waals surface area (Å²) in [4.78, 5) is 33.4. The first-order valence-corrected chi connectivity index (χ1v) is 7.85. The number of carbonyl (C=O) groups excluding carboxylic acids is 3. The Bertz CT molecular complexity index is 814. The molecule has 0 unspecified atom stereocenters. The van der Waals surface area contributed by atoms with Crippen molar-refractivity contribution >= 4 is 30.4 Å². The van der Waals surface area contributed by atoms with Crippen molar-refractivity contribution in [1.29, 1.82) is 0 Å². The Kier molecular flexibility index (Phi) is 7.06. The van der Waals surface area contributed by atoms with E-state index >= 15 is 0 Å². The highest BCUT2D eigenvalue weighted by Gasteiger charge is 2.03. The van der Waals surface area contributed by atoms with Crippen LogP contribution >= 0.6 is 0 Å². The fourth-order valence-corrected chi connectivity index (χ4v) is 2.12. The van der Waals surface area contributed by atoms with Crippen molar-refractivity contribution < 1.29 is 23.9 Å². The zero-order valence-electron chi connectivity index (χ0n) is 14.3. The van der Waals surface area contributed by atoms with Gasteiger partial charge < -0.3 is 9.47 Å². The van der Waals surface area contributed by atoms with Crippen LogP contribution in [0.25, 0.3) is 12.2 Å². The number of allylic oxidation sites excluding steroid dienone is 2. The highest BCUT2D eigenvalue weighted by molar-refractivity contribution is 6.04. The summed E-state index contributed by atoms with van der Waals surface area (Å²) in [7, 11) is 1.33. The van der Waals surface area contributed by atoms with Crippen LogP contribution in [0.15, 0.2) is 60.7 Å². The number of hydrogen-bond acceptors (Lipinski definition) is 5. The van der Waals surface area contributed by atoms with Crippen LogP contribution in [0.3, 0.4) is 0 Å². The Morgan fingerprint density at radius 2 is 1.42 bits per heavy atom. The predicted octanol–water partition coefficient (Wildman–Crippen LogP) is 3.44. The minimum absolute atomic E-state index is 0.157. The molecule has 26 heavy (non-hydrogen) atoms. The molecule has 5 heteroatoms. The molecule has 0 spiro atoms. The molecule has 2 aromatic carbocycles. The van der Waals surface area contributed by atoms with E-state index in [9.17, 15) is 14.4 Å². The number of esters is 1. The maximum atomic E-state index is 11.9. The van der Waals surface area contributed by atoms with Crippen LogP contribution in [-0.4, -0.2) is 25.3 Å². The van der Waals surface area contributed by atoms with Gasteiger partial charge in [0, 0.05) is 0 Å². The number of methoxy groups -OCH3 is 1. The molecule has 2 aromatic rings. The van der Waals surface area contributed by atoms with Gasteiger partial charge in [0.05, 0.1) is 12.7 Å². The molecule has 0 bridgehead atoms. The van der Waals surface area contributed by atoms with E-state index in [0.717, 1.165) is 16.7 Å². The molecule has 5 nitrogen and oxygen atoms in total. The third kappa shape index (κ3) is 5.87. The van der Waals surface area contributed by atoms with Crippen LogP contribution < -0.4 is 0 Å². The van der Waals surface area contributed by atoms with Crippen molar-refractivity contribution in [3.05, 3.63) is 82.9 Å². The summed E-state index contributed by atoms with van der Waals surface area (Å²) in [6, 6.07) is 14.1. The molecular weight excluding hydrogens is 332 g/mol. The van der Waals surface area contributed by atoms with Gasteiger partial charge in [0.25, 0.3) is 6.47 Å². The smallest absolute Gasteiger partial charge is 0.337 e. The van der Waals surface area contributed by atoms with Crippen LogP contribution in [0.1, 0.15) is 27.0 Å². The van der Waals surface area contributed by atoms with Gasteiger partial charge in [-0.25, -0.2) is 4.79 Å². The predicted molar refractivity (Wildman–Crippen MR) is 98.2 cm³/mol. The van der Waals surface area contributed by atoms with E-state index in [-0.39, 0.29) is 12.4 Å². The summed E-state index contributed by atoms with van der Waals surface area (Å²) < 4.78 is 9.30. The summed E-state index contributed by atoms with van der Waals surface area (Å²) in [5, 5.41) is 0. The Morgan fingerprint density at radius 3 is 1.92 bits per heavy atom. The van der Waals surface area contributed by atoms with Crippen molar-refractivity contribution in [3.8, 4) is 0 Å². The van der Waals surface area contributed by atoms with Crippen molar-refractivity contribution in [2.75, 3.05) is 7.11 Å². The molecular formula is C21H18O5. The lowest BCUT2D eigenvalue weighted by molar-refractivity contribution is -0.129. The molecule has 0 radical (unpaired) electrons. The van der Waals surface area contributed by atoms with Gasteiger partial charge in [-0.05, 0) is 41.0 Å². The highest BCUT2D eigenvalue weighted by Crippen LogP contribution is 2.09. The first kappa shape index (κ1) is 18.9. The van der Waals surface area contributed by atoms with E-state index in [1.54, 1.807) is 36.4 Å². The highest BCUT2D eigenvalue weighted by atomic mass is 16.5. The maximum absolute atomic E-state index is 11.9. The average molecular weight is 350 g/mol. The maximum Gasteiger partial charge on any atom is 0.337 e. The zero-order valence-corrected chi connectivity index (χ0v) is 14.3. The van der Waals surface area contributed by atoms with Gasteiger partial charge in [-0.15, -0.1) is 0 Å². The third-order valence-corrected chi connectivity index (χ3v) is 3.51. The number of ketones is 1. The topological polar surface area (TPSA) is 69.7 Å². The lowest BCUT2D eigenvalue weighted by Gasteiger charge is -1.99. The van der Waals surface area contributed by atoms with Crippen molar-refractivity contribution in [1.82, 2.24) is 0 Å². The normalized spacial score (nSPS) is 10.8. The number of benzene rings is 2. The lowest BCUT2D eigenvalue weighted by Crippen LogP contribution is -2.00. The quantitative estimate of drug-likeness (QED) is 0.414. The number of carbonyl (C=O) groups is 3. The molecule has 0 N–H and O–H groups in total. The van der Waals surface area contributed by atoms with E-state index in [0.29, 0.717) is 12.0 Å².